The molecule has 26 heavy (non-hydrogen) atoms. The van der Waals surface area contributed by atoms with Crippen molar-refractivity contribution in [1.82, 2.24) is 0 Å². The summed E-state index contributed by atoms with van der Waals surface area (Å²) in [7, 11) is 0. The Hall–Kier alpha value is -3.14. The molecule has 0 atom stereocenters. The van der Waals surface area contributed by atoms with Crippen molar-refractivity contribution in [3.05, 3.63) is 83.9 Å². The van der Waals surface area contributed by atoms with E-state index in [1.807, 2.05) is 60.7 Å². The van der Waals surface area contributed by atoms with E-state index in [-0.39, 0.29) is 11.9 Å². The van der Waals surface area contributed by atoms with Crippen molar-refractivity contribution < 1.29 is 19.1 Å². The summed E-state index contributed by atoms with van der Waals surface area (Å²) in [6.45, 7) is 4.40. The van der Waals surface area contributed by atoms with Crippen LogP contribution in [0.2, 0.25) is 0 Å². The Balaban J connectivity index is 0.000000260. The molecule has 0 fully saturated rings. The molecule has 0 aliphatic heterocycles. The molecular weight excluding hydrogens is 328 g/mol. The molecule has 0 amide bonds. The fourth-order valence-electron chi connectivity index (χ4n) is 1.84. The Labute approximate surface area is 154 Å². The molecule has 0 saturated carbocycles. The minimum Gasteiger partial charge on any atom is -0.463 e. The molecule has 0 N–H and O–H groups in total. The summed E-state index contributed by atoms with van der Waals surface area (Å²) in [6.07, 6.45) is 6.33. The van der Waals surface area contributed by atoms with Crippen molar-refractivity contribution in [2.24, 2.45) is 0 Å². The predicted octanol–water partition coefficient (Wildman–Crippen LogP) is 4.53. The molecule has 0 unspecified atom stereocenters. The Morgan fingerprint density at radius 1 is 0.692 bits per heavy atom. The number of rotatable bonds is 6. The number of hydrogen-bond acceptors (Lipinski definition) is 4. The maximum absolute atomic E-state index is 10.9. The summed E-state index contributed by atoms with van der Waals surface area (Å²) in [6, 6.07) is 19.3. The van der Waals surface area contributed by atoms with Crippen LogP contribution in [0.5, 0.6) is 0 Å². The second kappa shape index (κ2) is 13.2. The summed E-state index contributed by atoms with van der Waals surface area (Å²) >= 11 is 0. The van der Waals surface area contributed by atoms with E-state index >= 15 is 0 Å². The highest BCUT2D eigenvalue weighted by molar-refractivity contribution is 5.87. The molecule has 0 aliphatic rings. The molecule has 0 bridgehead atoms. The van der Waals surface area contributed by atoms with E-state index in [0.717, 1.165) is 11.1 Å². The van der Waals surface area contributed by atoms with Gasteiger partial charge in [-0.1, -0.05) is 60.7 Å². The highest BCUT2D eigenvalue weighted by Crippen LogP contribution is 2.01. The summed E-state index contributed by atoms with van der Waals surface area (Å²) in [5, 5.41) is 0. The average molecular weight is 352 g/mol. The summed E-state index contributed by atoms with van der Waals surface area (Å²) in [5.74, 6) is -0.599. The SMILES string of the molecule is CCOC(=O)C=Cc1ccccc1.CCOC(=O)C=Cc1ccccc1. The first-order chi connectivity index (χ1) is 12.7. The van der Waals surface area contributed by atoms with Gasteiger partial charge in [0.1, 0.15) is 0 Å². The lowest BCUT2D eigenvalue weighted by Gasteiger charge is -1.94. The number of hydrogen-bond donors (Lipinski definition) is 0. The molecule has 0 spiro atoms. The van der Waals surface area contributed by atoms with E-state index in [1.54, 1.807) is 26.0 Å². The summed E-state index contributed by atoms with van der Waals surface area (Å²) < 4.78 is 9.48. The lowest BCUT2D eigenvalue weighted by Crippen LogP contribution is -1.98. The van der Waals surface area contributed by atoms with E-state index in [1.165, 1.54) is 12.2 Å². The first-order valence-corrected chi connectivity index (χ1v) is 8.45. The van der Waals surface area contributed by atoms with Crippen LogP contribution in [0.1, 0.15) is 25.0 Å². The largest absolute Gasteiger partial charge is 0.463 e. The molecule has 4 nitrogen and oxygen atoms in total. The van der Waals surface area contributed by atoms with Gasteiger partial charge in [-0.25, -0.2) is 9.59 Å². The van der Waals surface area contributed by atoms with Crippen LogP contribution in [-0.4, -0.2) is 25.2 Å². The van der Waals surface area contributed by atoms with Crippen LogP contribution in [0.4, 0.5) is 0 Å². The minimum absolute atomic E-state index is 0.300. The van der Waals surface area contributed by atoms with Crippen LogP contribution in [0.15, 0.2) is 72.8 Å². The number of carbonyl (C=O) groups is 2. The van der Waals surface area contributed by atoms with E-state index < -0.39 is 0 Å². The molecule has 0 heterocycles. The standard InChI is InChI=1S/2C11H12O2/c2*1-2-13-11(12)9-8-10-6-4-3-5-7-10/h2*3-9H,2H2,1H3. The zero-order chi connectivity index (χ0) is 19.0. The highest BCUT2D eigenvalue weighted by Gasteiger charge is 1.93. The third kappa shape index (κ3) is 9.88. The van der Waals surface area contributed by atoms with Gasteiger partial charge in [-0.15, -0.1) is 0 Å². The molecule has 4 heteroatoms. The van der Waals surface area contributed by atoms with E-state index in [0.29, 0.717) is 13.2 Å². The van der Waals surface area contributed by atoms with Gasteiger partial charge in [0.15, 0.2) is 0 Å². The fraction of sp³-hybridized carbons (Fsp3) is 0.182. The zero-order valence-electron chi connectivity index (χ0n) is 15.1. The molecule has 2 aromatic carbocycles. The zero-order valence-corrected chi connectivity index (χ0v) is 15.1. The second-order valence-electron chi connectivity index (χ2n) is 4.99. The van der Waals surface area contributed by atoms with Gasteiger partial charge < -0.3 is 9.47 Å². The second-order valence-corrected chi connectivity index (χ2v) is 4.99. The van der Waals surface area contributed by atoms with Gasteiger partial charge in [0.25, 0.3) is 0 Å². The van der Waals surface area contributed by atoms with Crippen molar-refractivity contribution in [3.8, 4) is 0 Å². The van der Waals surface area contributed by atoms with Crippen LogP contribution in [0.25, 0.3) is 12.2 Å². The van der Waals surface area contributed by atoms with Crippen molar-refractivity contribution in [3.63, 3.8) is 0 Å². The number of ether oxygens (including phenoxy) is 2. The van der Waals surface area contributed by atoms with Gasteiger partial charge >= 0.3 is 11.9 Å². The Bertz CT molecular complexity index is 640. The van der Waals surface area contributed by atoms with Gasteiger partial charge in [0, 0.05) is 12.2 Å². The maximum Gasteiger partial charge on any atom is 0.330 e. The van der Waals surface area contributed by atoms with Crippen molar-refractivity contribution in [1.29, 1.82) is 0 Å². The molecule has 0 aliphatic carbocycles. The smallest absolute Gasteiger partial charge is 0.330 e. The molecule has 2 aromatic rings. The number of carbonyl (C=O) groups excluding carboxylic acids is 2. The highest BCUT2D eigenvalue weighted by atomic mass is 16.5. The Kier molecular flexibility index (Phi) is 10.6. The molecular formula is C22H24O4. The van der Waals surface area contributed by atoms with Crippen LogP contribution >= 0.6 is 0 Å². The summed E-state index contributed by atoms with van der Waals surface area (Å²) in [4.78, 5) is 21.8. The van der Waals surface area contributed by atoms with Crippen molar-refractivity contribution in [2.75, 3.05) is 13.2 Å². The molecule has 136 valence electrons. The fourth-order valence-corrected chi connectivity index (χ4v) is 1.84. The van der Waals surface area contributed by atoms with Crippen LogP contribution in [0.3, 0.4) is 0 Å². The maximum atomic E-state index is 10.9. The van der Waals surface area contributed by atoms with Crippen LogP contribution in [-0.2, 0) is 19.1 Å². The van der Waals surface area contributed by atoms with Crippen LogP contribution < -0.4 is 0 Å². The Morgan fingerprint density at radius 3 is 1.35 bits per heavy atom. The van der Waals surface area contributed by atoms with Gasteiger partial charge in [0.05, 0.1) is 13.2 Å². The lowest BCUT2D eigenvalue weighted by atomic mass is 10.2. The first kappa shape index (κ1) is 20.9. The molecule has 0 aromatic heterocycles. The number of esters is 2. The van der Waals surface area contributed by atoms with Crippen molar-refractivity contribution in [2.45, 2.75) is 13.8 Å². The van der Waals surface area contributed by atoms with Gasteiger partial charge in [-0.05, 0) is 37.1 Å². The summed E-state index contributed by atoms with van der Waals surface area (Å²) in [5.41, 5.74) is 1.99. The normalized spacial score (nSPS) is 10.2. The van der Waals surface area contributed by atoms with Gasteiger partial charge in [-0.3, -0.25) is 0 Å². The third-order valence-corrected chi connectivity index (χ3v) is 3.00. The van der Waals surface area contributed by atoms with E-state index in [2.05, 4.69) is 0 Å². The molecule has 2 rings (SSSR count). The number of benzene rings is 2. The van der Waals surface area contributed by atoms with Crippen LogP contribution in [0, 0.1) is 0 Å². The van der Waals surface area contributed by atoms with E-state index in [9.17, 15) is 9.59 Å². The van der Waals surface area contributed by atoms with Gasteiger partial charge in [-0.2, -0.15) is 0 Å². The quantitative estimate of drug-likeness (QED) is 0.566. The first-order valence-electron chi connectivity index (χ1n) is 8.45. The van der Waals surface area contributed by atoms with Gasteiger partial charge in [0.2, 0.25) is 0 Å². The average Bonchev–Trinajstić information content (AvgIpc) is 2.67. The lowest BCUT2D eigenvalue weighted by molar-refractivity contribution is -0.138. The minimum atomic E-state index is -0.300. The topological polar surface area (TPSA) is 52.6 Å². The van der Waals surface area contributed by atoms with Crippen molar-refractivity contribution >= 4 is 24.1 Å². The molecule has 0 saturated heterocycles. The molecule has 0 radical (unpaired) electrons. The van der Waals surface area contributed by atoms with E-state index in [4.69, 9.17) is 9.47 Å². The predicted molar refractivity (Wildman–Crippen MR) is 104 cm³/mol. The third-order valence-electron chi connectivity index (χ3n) is 3.00. The monoisotopic (exact) mass is 352 g/mol. The Morgan fingerprint density at radius 2 is 1.04 bits per heavy atom.